The van der Waals surface area contributed by atoms with Crippen molar-refractivity contribution in [1.29, 1.82) is 0 Å². The number of carbonyl (C=O) groups is 2. The summed E-state index contributed by atoms with van der Waals surface area (Å²) in [5, 5.41) is 23.9. The molecule has 0 aliphatic rings. The number of aliphatic hydroxyl groups is 2. The summed E-state index contributed by atoms with van der Waals surface area (Å²) in [6, 6.07) is -0.721. The highest BCUT2D eigenvalue weighted by Crippen LogP contribution is 2.18. The van der Waals surface area contributed by atoms with E-state index in [-0.39, 0.29) is 24.9 Å². The van der Waals surface area contributed by atoms with Crippen molar-refractivity contribution in [3.8, 4) is 0 Å². The average Bonchev–Trinajstić information content (AvgIpc) is 3.36. The lowest BCUT2D eigenvalue weighted by Gasteiger charge is -2.24. The minimum atomic E-state index is -0.805. The largest absolute Gasteiger partial charge is 0.462 e. The van der Waals surface area contributed by atoms with E-state index in [4.69, 9.17) is 4.74 Å². The zero-order valence-electron chi connectivity index (χ0n) is 47.1. The number of carbonyl (C=O) groups excluding carboxylic acids is 2. The molecule has 0 aromatic rings. The second-order valence-electron chi connectivity index (χ2n) is 20.8. The molecule has 0 aliphatic carbocycles. The van der Waals surface area contributed by atoms with Crippen molar-refractivity contribution in [2.24, 2.45) is 0 Å². The summed E-state index contributed by atoms with van der Waals surface area (Å²) in [6.45, 7) is 6.47. The summed E-state index contributed by atoms with van der Waals surface area (Å²) in [4.78, 5) is 26.3. The number of esters is 1. The van der Waals surface area contributed by atoms with Gasteiger partial charge in [0.05, 0.1) is 25.2 Å². The van der Waals surface area contributed by atoms with E-state index in [0.29, 0.717) is 19.3 Å². The Kier molecular flexibility index (Phi) is 56.0. The van der Waals surface area contributed by atoms with Gasteiger partial charge in [-0.05, 0) is 96.3 Å². The molecule has 0 bridgehead atoms. The lowest BCUT2D eigenvalue weighted by atomic mass is 10.0. The quantitative estimate of drug-likeness (QED) is 0.0244. The molecule has 0 aliphatic heterocycles. The molecule has 0 rings (SSSR count). The molecule has 0 aromatic heterocycles. The van der Waals surface area contributed by atoms with Crippen LogP contribution in [0.3, 0.4) is 0 Å². The molecular formula is C65H117NO5. The van der Waals surface area contributed by atoms with Gasteiger partial charge in [-0.2, -0.15) is 0 Å². The Morgan fingerprint density at radius 3 is 1.21 bits per heavy atom. The fraction of sp³-hybridized carbons (Fsp3) is 0.785. The second-order valence-corrected chi connectivity index (χ2v) is 20.8. The molecule has 3 N–H and O–H groups in total. The van der Waals surface area contributed by atoms with Crippen LogP contribution >= 0.6 is 0 Å². The molecule has 0 saturated heterocycles. The van der Waals surface area contributed by atoms with Gasteiger partial charge in [-0.3, -0.25) is 9.59 Å². The number of hydrogen-bond acceptors (Lipinski definition) is 5. The topological polar surface area (TPSA) is 95.9 Å². The van der Waals surface area contributed by atoms with Gasteiger partial charge in [0.15, 0.2) is 0 Å². The molecule has 3 unspecified atom stereocenters. The number of allylic oxidation sites excluding steroid dienone is 12. The Morgan fingerprint density at radius 1 is 0.423 bits per heavy atom. The van der Waals surface area contributed by atoms with E-state index in [2.05, 4.69) is 99.0 Å². The summed E-state index contributed by atoms with van der Waals surface area (Å²) in [6.07, 6.45) is 75.4. The van der Waals surface area contributed by atoms with Gasteiger partial charge in [0.2, 0.25) is 5.91 Å². The Morgan fingerprint density at radius 2 is 0.761 bits per heavy atom. The van der Waals surface area contributed by atoms with Gasteiger partial charge >= 0.3 is 5.97 Å². The molecule has 0 radical (unpaired) electrons. The van der Waals surface area contributed by atoms with Crippen LogP contribution in [-0.2, 0) is 14.3 Å². The molecular weight excluding hydrogens is 875 g/mol. The molecule has 1 amide bonds. The summed E-state index contributed by atoms with van der Waals surface area (Å²) >= 11 is 0. The average molecular weight is 993 g/mol. The van der Waals surface area contributed by atoms with Crippen molar-refractivity contribution >= 4 is 11.9 Å². The first-order valence-corrected chi connectivity index (χ1v) is 30.7. The van der Waals surface area contributed by atoms with Gasteiger partial charge < -0.3 is 20.3 Å². The molecule has 0 spiro atoms. The van der Waals surface area contributed by atoms with Gasteiger partial charge in [0.25, 0.3) is 0 Å². The van der Waals surface area contributed by atoms with E-state index >= 15 is 0 Å². The first kappa shape index (κ1) is 68.3. The molecule has 0 aromatic carbocycles. The standard InChI is InChI=1S/C65H117NO5/c1-4-7-10-13-16-19-22-25-28-31-32-34-37-40-43-46-49-52-55-58-65(70)71-61(56-53-50-47-44-41-38-35-30-27-24-21-18-15-12-9-6-3)59-64(69)66-62(60-67)63(68)57-54-51-48-45-42-39-36-33-29-26-23-20-17-14-11-8-5-2/h16,19,25,28,30,32,34-35,38,40-41,43,61-63,67-68H,4-15,17-18,20-24,26-27,29,31,33,36-37,39,42,44-60H2,1-3H3,(H,66,69)/b19-16-,28-25-,34-32-,35-30+,41-38+,43-40-. The third-order valence-corrected chi connectivity index (χ3v) is 13.8. The minimum absolute atomic E-state index is 0.0452. The van der Waals surface area contributed by atoms with Gasteiger partial charge in [0, 0.05) is 6.42 Å². The van der Waals surface area contributed by atoms with E-state index in [1.54, 1.807) is 0 Å². The fourth-order valence-electron chi connectivity index (χ4n) is 9.11. The van der Waals surface area contributed by atoms with Gasteiger partial charge in [-0.25, -0.2) is 0 Å². The summed E-state index contributed by atoms with van der Waals surface area (Å²) in [7, 11) is 0. The Hall–Kier alpha value is -2.70. The molecule has 6 nitrogen and oxygen atoms in total. The van der Waals surface area contributed by atoms with Crippen LogP contribution in [0.2, 0.25) is 0 Å². The van der Waals surface area contributed by atoms with Gasteiger partial charge in [-0.1, -0.05) is 267 Å². The van der Waals surface area contributed by atoms with Crippen LogP contribution in [0.4, 0.5) is 0 Å². The van der Waals surface area contributed by atoms with E-state index in [0.717, 1.165) is 96.3 Å². The number of aliphatic hydroxyl groups excluding tert-OH is 2. The van der Waals surface area contributed by atoms with Crippen molar-refractivity contribution in [2.45, 2.75) is 322 Å². The van der Waals surface area contributed by atoms with Crippen molar-refractivity contribution in [1.82, 2.24) is 5.32 Å². The highest BCUT2D eigenvalue weighted by Gasteiger charge is 2.24. The summed E-state index contributed by atoms with van der Waals surface area (Å²) in [5.74, 6) is -0.530. The lowest BCUT2D eigenvalue weighted by molar-refractivity contribution is -0.151. The number of nitrogens with one attached hydrogen (secondary N) is 1. The molecule has 6 heteroatoms. The predicted octanol–water partition coefficient (Wildman–Crippen LogP) is 19.3. The zero-order valence-corrected chi connectivity index (χ0v) is 47.1. The van der Waals surface area contributed by atoms with Crippen LogP contribution in [-0.4, -0.2) is 46.9 Å². The molecule has 71 heavy (non-hydrogen) atoms. The maximum absolute atomic E-state index is 13.3. The Balaban J connectivity index is 4.64. The SMILES string of the molecule is CCCCC/C=C\C/C=C\C/C=C\C/C=C\CCCCCC(=O)OC(CCCCC/C=C/C=C/CCCCCCCCC)CC(=O)NC(CO)C(O)CCCCCCCCCCCCCCCCCCC. The number of hydrogen-bond donors (Lipinski definition) is 3. The third-order valence-electron chi connectivity index (χ3n) is 13.8. The van der Waals surface area contributed by atoms with Crippen LogP contribution in [0.1, 0.15) is 303 Å². The first-order chi connectivity index (χ1) is 35.0. The van der Waals surface area contributed by atoms with Crippen LogP contribution in [0.25, 0.3) is 0 Å². The maximum atomic E-state index is 13.3. The normalized spacial score (nSPS) is 13.6. The Bertz CT molecular complexity index is 1300. The van der Waals surface area contributed by atoms with E-state index in [1.165, 1.54) is 161 Å². The predicted molar refractivity (Wildman–Crippen MR) is 310 cm³/mol. The molecule has 0 saturated carbocycles. The highest BCUT2D eigenvalue weighted by molar-refractivity contribution is 5.77. The van der Waals surface area contributed by atoms with Crippen LogP contribution < -0.4 is 5.32 Å². The smallest absolute Gasteiger partial charge is 0.306 e. The highest BCUT2D eigenvalue weighted by atomic mass is 16.5. The third kappa shape index (κ3) is 53.4. The van der Waals surface area contributed by atoms with Crippen LogP contribution in [0.15, 0.2) is 72.9 Å². The minimum Gasteiger partial charge on any atom is -0.462 e. The summed E-state index contributed by atoms with van der Waals surface area (Å²) < 4.78 is 5.95. The van der Waals surface area contributed by atoms with Crippen LogP contribution in [0.5, 0.6) is 0 Å². The van der Waals surface area contributed by atoms with Crippen molar-refractivity contribution in [3.63, 3.8) is 0 Å². The molecule has 3 atom stereocenters. The number of rotatable bonds is 55. The zero-order chi connectivity index (χ0) is 51.6. The van der Waals surface area contributed by atoms with E-state index < -0.39 is 18.2 Å². The van der Waals surface area contributed by atoms with Crippen molar-refractivity contribution in [2.75, 3.05) is 6.61 Å². The molecule has 0 heterocycles. The first-order valence-electron chi connectivity index (χ1n) is 30.7. The van der Waals surface area contributed by atoms with Crippen molar-refractivity contribution < 1.29 is 24.5 Å². The Labute approximate surface area is 441 Å². The molecule has 0 fully saturated rings. The van der Waals surface area contributed by atoms with Gasteiger partial charge in [0.1, 0.15) is 6.10 Å². The monoisotopic (exact) mass is 992 g/mol. The second kappa shape index (κ2) is 58.2. The molecule has 412 valence electrons. The van der Waals surface area contributed by atoms with Crippen molar-refractivity contribution in [3.05, 3.63) is 72.9 Å². The number of ether oxygens (including phenoxy) is 1. The van der Waals surface area contributed by atoms with E-state index in [1.807, 2.05) is 0 Å². The number of unbranched alkanes of at least 4 members (excludes halogenated alkanes) is 32. The van der Waals surface area contributed by atoms with Crippen LogP contribution in [0, 0.1) is 0 Å². The lowest BCUT2D eigenvalue weighted by Crippen LogP contribution is -2.46. The maximum Gasteiger partial charge on any atom is 0.306 e. The summed E-state index contributed by atoms with van der Waals surface area (Å²) in [5.41, 5.74) is 0. The van der Waals surface area contributed by atoms with E-state index in [9.17, 15) is 19.8 Å². The van der Waals surface area contributed by atoms with Gasteiger partial charge in [-0.15, -0.1) is 0 Å². The number of amides is 1. The fourth-order valence-corrected chi connectivity index (χ4v) is 9.11.